The Morgan fingerprint density at radius 3 is 3.07 bits per heavy atom. The number of carboxylic acid groups (broad SMARTS) is 1. The number of aromatic carboxylic acids is 1. The molecule has 0 amide bonds. The van der Waals surface area contributed by atoms with Gasteiger partial charge in [0.15, 0.2) is 0 Å². The van der Waals surface area contributed by atoms with Crippen LogP contribution < -0.4 is 4.90 Å². The zero-order valence-electron chi connectivity index (χ0n) is 8.68. The molecule has 0 saturated carbocycles. The van der Waals surface area contributed by atoms with Crippen LogP contribution in [0.25, 0.3) is 0 Å². The summed E-state index contributed by atoms with van der Waals surface area (Å²) >= 11 is 0. The summed E-state index contributed by atoms with van der Waals surface area (Å²) in [5.41, 5.74) is 0.298. The van der Waals surface area contributed by atoms with Crippen molar-refractivity contribution in [3.63, 3.8) is 0 Å². The molecule has 2 heterocycles. The third kappa shape index (κ3) is 1.93. The van der Waals surface area contributed by atoms with Crippen LogP contribution in [0, 0.1) is 5.92 Å². The van der Waals surface area contributed by atoms with Gasteiger partial charge in [0.1, 0.15) is 11.4 Å². The van der Waals surface area contributed by atoms with Gasteiger partial charge in [-0.15, -0.1) is 0 Å². The van der Waals surface area contributed by atoms with E-state index >= 15 is 0 Å². The fraction of sp³-hybridized carbons (Fsp3) is 0.455. The monoisotopic (exact) mass is 206 g/mol. The lowest BCUT2D eigenvalue weighted by Crippen LogP contribution is -2.22. The van der Waals surface area contributed by atoms with E-state index in [-0.39, 0.29) is 0 Å². The number of pyridine rings is 1. The van der Waals surface area contributed by atoms with Crippen molar-refractivity contribution in [3.8, 4) is 0 Å². The van der Waals surface area contributed by atoms with Gasteiger partial charge in [-0.25, -0.2) is 9.78 Å². The van der Waals surface area contributed by atoms with Crippen molar-refractivity contribution < 1.29 is 9.90 Å². The molecule has 1 saturated heterocycles. The first-order valence-electron chi connectivity index (χ1n) is 5.11. The molecule has 15 heavy (non-hydrogen) atoms. The Balaban J connectivity index is 2.31. The highest BCUT2D eigenvalue weighted by Crippen LogP contribution is 2.24. The van der Waals surface area contributed by atoms with Gasteiger partial charge in [-0.3, -0.25) is 0 Å². The molecular formula is C11H14N2O2. The molecule has 1 aromatic heterocycles. The smallest absolute Gasteiger partial charge is 0.339 e. The predicted octanol–water partition coefficient (Wildman–Crippen LogP) is 1.63. The fourth-order valence-electron chi connectivity index (χ4n) is 1.94. The molecule has 1 aromatic rings. The van der Waals surface area contributed by atoms with Gasteiger partial charge in [0.2, 0.25) is 0 Å². The molecule has 1 fully saturated rings. The van der Waals surface area contributed by atoms with Crippen molar-refractivity contribution >= 4 is 11.8 Å². The first-order chi connectivity index (χ1) is 7.18. The second-order valence-corrected chi connectivity index (χ2v) is 4.02. The molecule has 1 aliphatic rings. The van der Waals surface area contributed by atoms with Crippen molar-refractivity contribution in [2.75, 3.05) is 18.0 Å². The van der Waals surface area contributed by atoms with Crippen LogP contribution >= 0.6 is 0 Å². The summed E-state index contributed by atoms with van der Waals surface area (Å²) in [6.07, 6.45) is 2.75. The van der Waals surface area contributed by atoms with Gasteiger partial charge in [-0.05, 0) is 24.5 Å². The molecule has 0 unspecified atom stereocenters. The van der Waals surface area contributed by atoms with Gasteiger partial charge in [0.05, 0.1) is 0 Å². The van der Waals surface area contributed by atoms with Crippen molar-refractivity contribution in [2.45, 2.75) is 13.3 Å². The summed E-state index contributed by atoms with van der Waals surface area (Å²) in [6, 6.07) is 3.26. The summed E-state index contributed by atoms with van der Waals surface area (Å²) in [4.78, 5) is 17.2. The molecule has 1 aliphatic heterocycles. The van der Waals surface area contributed by atoms with Crippen LogP contribution in [0.15, 0.2) is 18.3 Å². The fourth-order valence-corrected chi connectivity index (χ4v) is 1.94. The van der Waals surface area contributed by atoms with E-state index < -0.39 is 5.97 Å². The zero-order valence-corrected chi connectivity index (χ0v) is 8.68. The second kappa shape index (κ2) is 3.88. The highest BCUT2D eigenvalue weighted by atomic mass is 16.4. The van der Waals surface area contributed by atoms with Crippen LogP contribution in [0.2, 0.25) is 0 Å². The first kappa shape index (κ1) is 9.96. The lowest BCUT2D eigenvalue weighted by Gasteiger charge is -2.18. The standard InChI is InChI=1S/C11H14N2O2/c1-8-4-6-13(7-8)10-9(11(14)15)3-2-5-12-10/h2-3,5,8H,4,6-7H2,1H3,(H,14,15)/t8-/m0/s1. The predicted molar refractivity (Wildman–Crippen MR) is 57.2 cm³/mol. The number of nitrogens with zero attached hydrogens (tertiary/aromatic N) is 2. The van der Waals surface area contributed by atoms with Crippen LogP contribution in [0.5, 0.6) is 0 Å². The maximum Gasteiger partial charge on any atom is 0.339 e. The van der Waals surface area contributed by atoms with E-state index in [9.17, 15) is 4.79 Å². The Hall–Kier alpha value is -1.58. The van der Waals surface area contributed by atoms with E-state index in [0.717, 1.165) is 19.5 Å². The lowest BCUT2D eigenvalue weighted by molar-refractivity contribution is 0.0697. The lowest BCUT2D eigenvalue weighted by atomic mass is 10.2. The molecule has 1 atom stereocenters. The number of hydrogen-bond donors (Lipinski definition) is 1. The maximum atomic E-state index is 11.0. The highest BCUT2D eigenvalue weighted by molar-refractivity contribution is 5.93. The summed E-state index contributed by atoms with van der Waals surface area (Å²) < 4.78 is 0. The third-order valence-corrected chi connectivity index (χ3v) is 2.74. The Kier molecular flexibility index (Phi) is 2.58. The van der Waals surface area contributed by atoms with Crippen molar-refractivity contribution in [2.24, 2.45) is 5.92 Å². The summed E-state index contributed by atoms with van der Waals surface area (Å²) in [5, 5.41) is 9.03. The summed E-state index contributed by atoms with van der Waals surface area (Å²) in [6.45, 7) is 3.97. The van der Waals surface area contributed by atoms with Crippen LogP contribution in [-0.4, -0.2) is 29.1 Å². The van der Waals surface area contributed by atoms with Gasteiger partial charge < -0.3 is 10.0 Å². The van der Waals surface area contributed by atoms with Crippen LogP contribution in [0.1, 0.15) is 23.7 Å². The van der Waals surface area contributed by atoms with E-state index in [2.05, 4.69) is 11.9 Å². The Morgan fingerprint density at radius 2 is 2.47 bits per heavy atom. The number of carbonyl (C=O) groups is 1. The van der Waals surface area contributed by atoms with Gasteiger partial charge in [0.25, 0.3) is 0 Å². The number of hydrogen-bond acceptors (Lipinski definition) is 3. The van der Waals surface area contributed by atoms with E-state index in [1.807, 2.05) is 4.90 Å². The molecule has 80 valence electrons. The highest BCUT2D eigenvalue weighted by Gasteiger charge is 2.23. The quantitative estimate of drug-likeness (QED) is 0.799. The van der Waals surface area contributed by atoms with Crippen molar-refractivity contribution in [1.29, 1.82) is 0 Å². The first-order valence-corrected chi connectivity index (χ1v) is 5.11. The SMILES string of the molecule is C[C@H]1CCN(c2ncccc2C(=O)O)C1. The summed E-state index contributed by atoms with van der Waals surface area (Å²) in [7, 11) is 0. The number of aromatic nitrogens is 1. The molecule has 0 spiro atoms. The van der Waals surface area contributed by atoms with E-state index in [4.69, 9.17) is 5.11 Å². The molecular weight excluding hydrogens is 192 g/mol. The minimum Gasteiger partial charge on any atom is -0.478 e. The number of carboxylic acids is 1. The average Bonchev–Trinajstić information content (AvgIpc) is 2.65. The zero-order chi connectivity index (χ0) is 10.8. The van der Waals surface area contributed by atoms with E-state index in [1.54, 1.807) is 18.3 Å². The maximum absolute atomic E-state index is 11.0. The van der Waals surface area contributed by atoms with E-state index in [0.29, 0.717) is 17.3 Å². The normalized spacial score (nSPS) is 20.6. The van der Waals surface area contributed by atoms with Crippen LogP contribution in [0.4, 0.5) is 5.82 Å². The Labute approximate surface area is 88.6 Å². The largest absolute Gasteiger partial charge is 0.478 e. The Bertz CT molecular complexity index is 379. The number of anilines is 1. The van der Waals surface area contributed by atoms with Gasteiger partial charge in [0, 0.05) is 19.3 Å². The minimum absolute atomic E-state index is 0.298. The van der Waals surface area contributed by atoms with Crippen molar-refractivity contribution in [1.82, 2.24) is 4.98 Å². The molecule has 4 nitrogen and oxygen atoms in total. The molecule has 0 aliphatic carbocycles. The van der Waals surface area contributed by atoms with Crippen molar-refractivity contribution in [3.05, 3.63) is 23.9 Å². The Morgan fingerprint density at radius 1 is 1.67 bits per heavy atom. The van der Waals surface area contributed by atoms with Gasteiger partial charge in [-0.2, -0.15) is 0 Å². The van der Waals surface area contributed by atoms with Crippen LogP contribution in [-0.2, 0) is 0 Å². The molecule has 2 rings (SSSR count). The van der Waals surface area contributed by atoms with Gasteiger partial charge >= 0.3 is 5.97 Å². The van der Waals surface area contributed by atoms with Crippen LogP contribution in [0.3, 0.4) is 0 Å². The molecule has 1 N–H and O–H groups in total. The molecule has 0 aromatic carbocycles. The second-order valence-electron chi connectivity index (χ2n) is 4.02. The topological polar surface area (TPSA) is 53.4 Å². The molecule has 4 heteroatoms. The van der Waals surface area contributed by atoms with E-state index in [1.165, 1.54) is 0 Å². The molecule has 0 radical (unpaired) electrons. The van der Waals surface area contributed by atoms with Gasteiger partial charge in [-0.1, -0.05) is 6.92 Å². The molecule has 0 bridgehead atoms. The average molecular weight is 206 g/mol. The minimum atomic E-state index is -0.905. The summed E-state index contributed by atoms with van der Waals surface area (Å²) in [5.74, 6) is 0.320. The third-order valence-electron chi connectivity index (χ3n) is 2.74. The number of rotatable bonds is 2.